The number of esters is 5. The zero-order valence-electron chi connectivity index (χ0n) is 66.9. The van der Waals surface area contributed by atoms with E-state index < -0.39 is 83.2 Å². The molecule has 0 spiro atoms. The molecule has 7 fully saturated rings. The zero-order chi connectivity index (χ0) is 87.0. The quantitative estimate of drug-likeness (QED) is 0.00710. The molecule has 0 radical (unpaired) electrons. The number of nitrogen functional groups attached to an aromatic ring is 1. The van der Waals surface area contributed by atoms with Crippen LogP contribution in [0, 0.1) is 20.2 Å². The molecule has 7 aromatic carbocycles. The van der Waals surface area contributed by atoms with Gasteiger partial charge in [-0.05, 0) is 202 Å². The van der Waals surface area contributed by atoms with Crippen molar-refractivity contribution in [3.8, 4) is 28.7 Å². The molecule has 7 aliphatic carbocycles. The van der Waals surface area contributed by atoms with Crippen molar-refractivity contribution < 1.29 is 140 Å². The van der Waals surface area contributed by atoms with Gasteiger partial charge in [0.25, 0.3) is 0 Å². The number of carbonyl (C=O) groups excluding carboxylic acids is 5. The number of aliphatic hydroxyl groups is 1. The van der Waals surface area contributed by atoms with E-state index in [1.807, 2.05) is 42.5 Å². The minimum Gasteiger partial charge on any atom is -0.870 e. The number of carboxylic acid groups (broad SMARTS) is 2. The second kappa shape index (κ2) is 41.3. The minimum atomic E-state index is -0.808. The fraction of sp³-hybridized carbons (Fsp3) is 0.370. The molecule has 9 aromatic rings. The fourth-order valence-electron chi connectivity index (χ4n) is 13.4. The van der Waals surface area contributed by atoms with Gasteiger partial charge in [0.05, 0.1) is 121 Å². The van der Waals surface area contributed by atoms with E-state index in [0.29, 0.717) is 77.5 Å². The van der Waals surface area contributed by atoms with Gasteiger partial charge in [-0.1, -0.05) is 54.6 Å². The second-order valence-corrected chi connectivity index (χ2v) is 34.6. The molecule has 16 rings (SSSR count). The van der Waals surface area contributed by atoms with Crippen LogP contribution in [0.3, 0.4) is 0 Å². The van der Waals surface area contributed by atoms with Gasteiger partial charge < -0.3 is 83.5 Å². The molecule has 636 valence electrons. The SMILES string of the molecule is BrB(Br)Br.CO.COC(=O)C1(c2ccc(O)c(N)c2)CC1.COC(=O)C1(c2ccc(O)c([N+](=O)[O-])c2)CC1.COC(=O)C1(c2ccc(OC)c([N+](=O)[O-])c2)CC1.COC(=O)C1(c2ccc(OC)cc2)CC1.COC(=O)C1(c2ccc3oc(=O)[nH]c3c2)CC1.COc1ccc(C2(C(=O)O)CC2)cc1.O=C(O)C1(c2ccc3oc(=O)[nH]c3c2)CC1.[Li+].[OH-]. The summed E-state index contributed by atoms with van der Waals surface area (Å²) in [5.41, 5.74) is 8.71. The average Bonchev–Trinajstić information content (AvgIpc) is 1.58. The number of nitrogens with two attached hydrogens (primary N) is 1. The first-order valence-corrected chi connectivity index (χ1v) is 39.0. The van der Waals surface area contributed by atoms with Gasteiger partial charge in [-0.15, -0.1) is 47.3 Å². The number of rotatable bonds is 19. The molecule has 0 aliphatic heterocycles. The van der Waals surface area contributed by atoms with Crippen molar-refractivity contribution in [3.63, 3.8) is 0 Å². The number of phenols is 2. The Balaban J connectivity index is 0.000000214. The fourth-order valence-corrected chi connectivity index (χ4v) is 13.4. The first-order chi connectivity index (χ1) is 56.1. The predicted molar refractivity (Wildman–Crippen MR) is 441 cm³/mol. The summed E-state index contributed by atoms with van der Waals surface area (Å²) in [6, 6.07) is 38.6. The van der Waals surface area contributed by atoms with Crippen molar-refractivity contribution >= 4 is 132 Å². The van der Waals surface area contributed by atoms with E-state index in [1.165, 1.54) is 79.1 Å². The molecule has 0 saturated heterocycles. The van der Waals surface area contributed by atoms with E-state index in [2.05, 4.69) is 57.2 Å². The number of aromatic amines is 2. The smallest absolute Gasteiger partial charge is 0.870 e. The first-order valence-electron chi connectivity index (χ1n) is 36.3. The van der Waals surface area contributed by atoms with Crippen LogP contribution in [0.4, 0.5) is 17.1 Å². The van der Waals surface area contributed by atoms with E-state index in [-0.39, 0.29) is 74.0 Å². The number of H-pyrrole nitrogens is 2. The van der Waals surface area contributed by atoms with E-state index >= 15 is 0 Å². The molecule has 2 aromatic heterocycles. The van der Waals surface area contributed by atoms with E-state index in [4.69, 9.17) is 67.8 Å². The second-order valence-electron chi connectivity index (χ2n) is 28.2. The number of anilines is 1. The Hall–Kier alpha value is -11.0. The molecule has 0 bridgehead atoms. The number of ether oxygens (including phenoxy) is 8. The molecular formula is C81H88BBr3LiN5O29. The van der Waals surface area contributed by atoms with E-state index in [9.17, 15) is 73.6 Å². The third-order valence-electron chi connectivity index (χ3n) is 21.4. The summed E-state index contributed by atoms with van der Waals surface area (Å²) >= 11 is 9.31. The summed E-state index contributed by atoms with van der Waals surface area (Å²) in [5.74, 6) is -2.47. The van der Waals surface area contributed by atoms with Crippen LogP contribution >= 0.6 is 47.3 Å². The maximum absolute atomic E-state index is 11.7. The summed E-state index contributed by atoms with van der Waals surface area (Å²) in [7, 11) is 12.4. The number of nitrogens with zero attached hydrogens (tertiary/aromatic N) is 2. The largest absolute Gasteiger partial charge is 1.00 e. The van der Waals surface area contributed by atoms with E-state index in [1.54, 1.807) is 74.9 Å². The normalized spacial score (nSPS) is 16.0. The van der Waals surface area contributed by atoms with Gasteiger partial charge in [-0.3, -0.25) is 63.8 Å². The van der Waals surface area contributed by atoms with Crippen LogP contribution in [0.15, 0.2) is 158 Å². The Kier molecular flexibility index (Phi) is 33.7. The first kappa shape index (κ1) is 97.8. The van der Waals surface area contributed by atoms with Crippen molar-refractivity contribution in [3.05, 3.63) is 220 Å². The van der Waals surface area contributed by atoms with Gasteiger partial charge in [0.1, 0.15) is 17.2 Å². The van der Waals surface area contributed by atoms with Gasteiger partial charge in [0.15, 0.2) is 22.7 Å². The standard InChI is InChI=1S/C12H13NO5.C12H11NO4.C12H14O3.C11H11NO5.C11H9NO4.C11H13NO3.C11H12O3.CH4O.BBr3.Li.H2O/c1-17-10-4-3-8(7-9(10)13(15)16)12(5-6-12)11(14)18-2;1-16-10(14)12(4-5-12)7-2-3-9-8(6-7)13-11(15)17-9;1-14-10-5-3-9(4-6-10)12(7-8-12)11(13)15-2;1-17-10(14)11(4-5-11)7-2-3-9(13)8(6-7)12(15)16;13-9(14)11(3-4-11)6-1-2-8-7(5-6)12-10(15)16-8;1-15-10(14)11(4-5-11)7-2-3-9(13)8(12)6-7;1-14-9-4-2-8(3-5-9)11(6-7-11)10(12)13;1-2;2-1(3)4;;/h3-4,7H,5-6H2,1-2H3;2-3,6H,4-5H2,1H3,(H,13,15);3-6H,7-8H2,1-2H3;2-3,6,13H,4-5H2,1H3;1-2,5H,3-4H2,(H,12,15)(H,13,14);2-3,6,13H,4-5,12H2,1H3;2-5H,6-7H2,1H3,(H,12,13);2H,1H3;;;1H2/q;;;;;;;;;+1;/p-1. The molecule has 2 heterocycles. The zero-order valence-corrected chi connectivity index (χ0v) is 71.7. The number of nitro benzene ring substituents is 2. The van der Waals surface area contributed by atoms with Crippen molar-refractivity contribution in [2.24, 2.45) is 0 Å². The van der Waals surface area contributed by atoms with Gasteiger partial charge >= 0.3 is 86.7 Å². The number of carboxylic acids is 2. The summed E-state index contributed by atoms with van der Waals surface area (Å²) in [4.78, 5) is 128. The number of halogens is 3. The number of oxazole rings is 2. The topological polar surface area (TPSA) is 529 Å². The van der Waals surface area contributed by atoms with Crippen LogP contribution in [-0.4, -0.2) is 160 Å². The number of methoxy groups -OCH3 is 8. The van der Waals surface area contributed by atoms with Crippen LogP contribution in [0.2, 0.25) is 0 Å². The number of carbonyl (C=O) groups is 7. The molecule has 7 saturated carbocycles. The Morgan fingerprint density at radius 1 is 0.408 bits per heavy atom. The van der Waals surface area contributed by atoms with Crippen LogP contribution in [-0.2, 0) is 95.2 Å². The third-order valence-corrected chi connectivity index (χ3v) is 21.4. The molecule has 39 heteroatoms. The Morgan fingerprint density at radius 3 is 0.958 bits per heavy atom. The number of benzene rings is 7. The predicted octanol–water partition coefficient (Wildman–Crippen LogP) is 9.36. The monoisotopic (exact) mass is 1850 g/mol. The molecule has 0 unspecified atom stereocenters. The number of aliphatic carboxylic acids is 2. The van der Waals surface area contributed by atoms with Gasteiger partial charge in [-0.25, -0.2) is 9.59 Å². The van der Waals surface area contributed by atoms with Crippen LogP contribution in [0.5, 0.6) is 28.7 Å². The number of nitro groups is 2. The molecule has 120 heavy (non-hydrogen) atoms. The van der Waals surface area contributed by atoms with Gasteiger partial charge in [-0.2, -0.15) is 0 Å². The number of aromatic hydroxyl groups is 2. The maximum atomic E-state index is 11.7. The number of fused-ring (bicyclic) bond motifs is 2. The summed E-state index contributed by atoms with van der Waals surface area (Å²) in [6.07, 6.45) is 10.2. The minimum absolute atomic E-state index is 0. The van der Waals surface area contributed by atoms with Crippen molar-refractivity contribution in [2.75, 3.05) is 69.7 Å². The molecular weight excluding hydrogens is 1760 g/mol. The van der Waals surface area contributed by atoms with Crippen LogP contribution < -0.4 is 50.3 Å². The molecule has 10 N–H and O–H groups in total. The van der Waals surface area contributed by atoms with Gasteiger partial charge in [0.2, 0.25) is 0 Å². The molecule has 0 amide bonds. The van der Waals surface area contributed by atoms with E-state index in [0.717, 1.165) is 97.8 Å². The number of aromatic nitrogens is 2. The van der Waals surface area contributed by atoms with Crippen LogP contribution in [0.25, 0.3) is 22.2 Å². The number of phenolic OH excluding ortho intramolecular Hbond substituents is 2. The Morgan fingerprint density at radius 2 is 0.667 bits per heavy atom. The van der Waals surface area contributed by atoms with Crippen molar-refractivity contribution in [1.82, 2.24) is 9.97 Å². The maximum Gasteiger partial charge on any atom is 1.00 e. The van der Waals surface area contributed by atoms with Gasteiger partial charge in [0, 0.05) is 19.2 Å². The molecule has 0 atom stereocenters. The number of aliphatic hydroxyl groups excluding tert-OH is 1. The molecule has 34 nitrogen and oxygen atoms in total. The molecule has 7 aliphatic rings. The number of hydrogen-bond donors (Lipinski definition) is 8. The van der Waals surface area contributed by atoms with Crippen LogP contribution in [0.1, 0.15) is 129 Å². The van der Waals surface area contributed by atoms with Crippen molar-refractivity contribution in [2.45, 2.75) is 128 Å². The summed E-state index contributed by atoms with van der Waals surface area (Å²) in [6.45, 7) is 0. The summed E-state index contributed by atoms with van der Waals surface area (Å²) < 4.78 is 48.9. The Bertz CT molecular complexity index is 5290. The summed E-state index contributed by atoms with van der Waals surface area (Å²) in [5, 5.41) is 65.4. The Labute approximate surface area is 722 Å². The number of nitrogens with one attached hydrogen (secondary N) is 2. The van der Waals surface area contributed by atoms with Crippen molar-refractivity contribution in [1.29, 1.82) is 0 Å². The third kappa shape index (κ3) is 22.1. The number of hydrogen-bond acceptors (Lipinski definition) is 28. The average molecular weight is 1850 g/mol.